The summed E-state index contributed by atoms with van der Waals surface area (Å²) in [4.78, 5) is 7.00. The Balaban J connectivity index is 1.79. The maximum absolute atomic E-state index is 13.4. The first-order valence-corrected chi connectivity index (χ1v) is 12.5. The van der Waals surface area contributed by atoms with Crippen molar-refractivity contribution in [2.45, 2.75) is 38.8 Å². The predicted molar refractivity (Wildman–Crippen MR) is 121 cm³/mol. The highest BCUT2D eigenvalue weighted by Gasteiger charge is 2.31. The molecule has 0 aliphatic carbocycles. The van der Waals surface area contributed by atoms with Gasteiger partial charge in [0, 0.05) is 37.0 Å². The Hall–Kier alpha value is -2.72. The fraction of sp³-hybridized carbons (Fsp3) is 0.455. The zero-order chi connectivity index (χ0) is 22.9. The van der Waals surface area contributed by atoms with Crippen molar-refractivity contribution in [2.75, 3.05) is 30.9 Å². The molecule has 10 heteroatoms. The lowest BCUT2D eigenvalue weighted by Gasteiger charge is -2.29. The van der Waals surface area contributed by atoms with Crippen LogP contribution >= 0.6 is 0 Å². The Bertz CT molecular complexity index is 1180. The molecule has 0 radical (unpaired) electrons. The molecular formula is C22H28FN5O3S. The third-order valence-corrected chi connectivity index (χ3v) is 7.03. The van der Waals surface area contributed by atoms with Gasteiger partial charge in [0.2, 0.25) is 10.0 Å². The van der Waals surface area contributed by atoms with E-state index in [4.69, 9.17) is 9.72 Å². The van der Waals surface area contributed by atoms with Crippen molar-refractivity contribution in [1.29, 1.82) is 0 Å². The quantitative estimate of drug-likeness (QED) is 0.683. The lowest BCUT2D eigenvalue weighted by Crippen LogP contribution is -2.33. The minimum absolute atomic E-state index is 0.0219. The summed E-state index contributed by atoms with van der Waals surface area (Å²) in [5.41, 5.74) is 2.13. The molecule has 2 bridgehead atoms. The number of halogens is 1. The zero-order valence-corrected chi connectivity index (χ0v) is 19.2. The number of sulfonamides is 1. The van der Waals surface area contributed by atoms with E-state index >= 15 is 0 Å². The van der Waals surface area contributed by atoms with Crippen LogP contribution in [0.4, 0.5) is 10.2 Å². The number of fused-ring (bicyclic) bond motifs is 3. The molecule has 4 heterocycles. The minimum Gasteiger partial charge on any atom is -0.493 e. The van der Waals surface area contributed by atoms with Crippen molar-refractivity contribution in [2.24, 2.45) is 0 Å². The predicted octanol–water partition coefficient (Wildman–Crippen LogP) is 3.19. The van der Waals surface area contributed by atoms with Gasteiger partial charge >= 0.3 is 0 Å². The summed E-state index contributed by atoms with van der Waals surface area (Å²) in [7, 11) is -3.45. The Labute approximate surface area is 187 Å². The topological polar surface area (TPSA) is 80.0 Å². The van der Waals surface area contributed by atoms with E-state index in [2.05, 4.69) is 16.6 Å². The van der Waals surface area contributed by atoms with Crippen LogP contribution in [0.25, 0.3) is 5.65 Å². The van der Waals surface area contributed by atoms with Crippen molar-refractivity contribution in [1.82, 2.24) is 18.9 Å². The van der Waals surface area contributed by atoms with Gasteiger partial charge < -0.3 is 9.64 Å². The molecular weight excluding hydrogens is 433 g/mol. The van der Waals surface area contributed by atoms with Gasteiger partial charge in [-0.1, -0.05) is 6.58 Å². The minimum atomic E-state index is -3.45. The van der Waals surface area contributed by atoms with Crippen LogP contribution in [-0.2, 0) is 21.3 Å². The summed E-state index contributed by atoms with van der Waals surface area (Å²) in [6.07, 6.45) is 9.97. The number of hydrogen-bond donors (Lipinski definition) is 0. The van der Waals surface area contributed by atoms with Crippen molar-refractivity contribution >= 4 is 21.5 Å². The third kappa shape index (κ3) is 4.71. The summed E-state index contributed by atoms with van der Waals surface area (Å²) in [5.74, 6) is 0.940. The molecule has 0 aromatic carbocycles. The van der Waals surface area contributed by atoms with Gasteiger partial charge in [0.15, 0.2) is 5.65 Å². The summed E-state index contributed by atoms with van der Waals surface area (Å²) in [6.45, 7) is 7.19. The number of rotatable bonds is 2. The molecule has 0 spiro atoms. The van der Waals surface area contributed by atoms with Crippen LogP contribution in [0.15, 0.2) is 54.4 Å². The van der Waals surface area contributed by atoms with Gasteiger partial charge in [-0.05, 0) is 44.4 Å². The zero-order valence-electron chi connectivity index (χ0n) is 18.4. The van der Waals surface area contributed by atoms with E-state index in [1.165, 1.54) is 23.6 Å². The van der Waals surface area contributed by atoms with Crippen molar-refractivity contribution in [3.8, 4) is 0 Å². The van der Waals surface area contributed by atoms with Gasteiger partial charge in [0.1, 0.15) is 11.6 Å². The summed E-state index contributed by atoms with van der Waals surface area (Å²) in [5, 5.41) is 4.34. The highest BCUT2D eigenvalue weighted by Crippen LogP contribution is 2.32. The van der Waals surface area contributed by atoms with Crippen LogP contribution in [0, 0.1) is 0 Å². The Morgan fingerprint density at radius 2 is 2.16 bits per heavy atom. The van der Waals surface area contributed by atoms with E-state index in [0.29, 0.717) is 17.8 Å². The fourth-order valence-electron chi connectivity index (χ4n) is 4.16. The summed E-state index contributed by atoms with van der Waals surface area (Å²) >= 11 is 0. The van der Waals surface area contributed by atoms with Gasteiger partial charge in [-0.15, -0.1) is 0 Å². The highest BCUT2D eigenvalue weighted by molar-refractivity contribution is 7.88. The van der Waals surface area contributed by atoms with Gasteiger partial charge in [-0.25, -0.2) is 22.3 Å². The normalized spacial score (nSPS) is 22.9. The molecule has 2 aliphatic rings. The number of nitrogens with zero attached hydrogens (tertiary/aromatic N) is 5. The number of aromatic nitrogens is 3. The molecule has 1 saturated heterocycles. The lowest BCUT2D eigenvalue weighted by molar-refractivity contribution is 0.204. The van der Waals surface area contributed by atoms with Crippen LogP contribution in [0.3, 0.4) is 0 Å². The Morgan fingerprint density at radius 1 is 1.34 bits per heavy atom. The second-order valence-electron chi connectivity index (χ2n) is 8.18. The van der Waals surface area contributed by atoms with E-state index in [-0.39, 0.29) is 31.6 Å². The van der Waals surface area contributed by atoms with Crippen LogP contribution in [-0.4, -0.2) is 59.3 Å². The molecule has 2 aromatic rings. The second-order valence-corrected chi connectivity index (χ2v) is 10.2. The average molecular weight is 462 g/mol. The maximum atomic E-state index is 13.4. The van der Waals surface area contributed by atoms with E-state index in [1.807, 2.05) is 12.3 Å². The van der Waals surface area contributed by atoms with Crippen molar-refractivity contribution < 1.29 is 17.5 Å². The molecule has 2 aliphatic heterocycles. The second kappa shape index (κ2) is 9.03. The molecule has 2 aromatic heterocycles. The molecule has 1 fully saturated rings. The van der Waals surface area contributed by atoms with Crippen LogP contribution in [0.2, 0.25) is 0 Å². The summed E-state index contributed by atoms with van der Waals surface area (Å²) in [6, 6.07) is 1.87. The largest absolute Gasteiger partial charge is 0.493 e. The first kappa shape index (κ1) is 22.5. The van der Waals surface area contributed by atoms with Gasteiger partial charge in [0.05, 0.1) is 30.9 Å². The highest BCUT2D eigenvalue weighted by atomic mass is 32.2. The molecule has 0 unspecified atom stereocenters. The van der Waals surface area contributed by atoms with Gasteiger partial charge in [-0.3, -0.25) is 0 Å². The third-order valence-electron chi connectivity index (χ3n) is 5.78. The molecule has 0 saturated carbocycles. The average Bonchev–Trinajstić information content (AvgIpc) is 3.37. The van der Waals surface area contributed by atoms with E-state index in [1.54, 1.807) is 16.8 Å². The van der Waals surface area contributed by atoms with Gasteiger partial charge in [-0.2, -0.15) is 9.40 Å². The Kier molecular flexibility index (Phi) is 6.34. The molecule has 4 rings (SSSR count). The van der Waals surface area contributed by atoms with Crippen LogP contribution < -0.4 is 4.90 Å². The van der Waals surface area contributed by atoms with Gasteiger partial charge in [0.25, 0.3) is 0 Å². The molecule has 172 valence electrons. The van der Waals surface area contributed by atoms with Crippen molar-refractivity contribution in [3.05, 3.63) is 59.9 Å². The number of hydrogen-bond acceptors (Lipinski definition) is 6. The fourth-order valence-corrected chi connectivity index (χ4v) is 4.99. The number of anilines is 1. The number of ether oxygens (including phenoxy) is 1. The molecule has 1 atom stereocenters. The lowest BCUT2D eigenvalue weighted by atomic mass is 10.0. The first-order valence-electron chi connectivity index (χ1n) is 10.6. The molecule has 0 amide bonds. The van der Waals surface area contributed by atoms with E-state index in [9.17, 15) is 12.8 Å². The molecule has 32 heavy (non-hydrogen) atoms. The SMILES string of the molecule is C=C1/C(=C\C=C(/C)F)OCCCN(S(C)(=O)=O)Cc2cnn3ccc(nc23)N2CCC[C@H]12. The smallest absolute Gasteiger partial charge is 0.211 e. The van der Waals surface area contributed by atoms with Crippen LogP contribution in [0.5, 0.6) is 0 Å². The molecule has 0 N–H and O–H groups in total. The summed E-state index contributed by atoms with van der Waals surface area (Å²) < 4.78 is 47.2. The Morgan fingerprint density at radius 3 is 2.91 bits per heavy atom. The monoisotopic (exact) mass is 461 g/mol. The molecule has 8 nitrogen and oxygen atoms in total. The van der Waals surface area contributed by atoms with Crippen molar-refractivity contribution in [3.63, 3.8) is 0 Å². The maximum Gasteiger partial charge on any atom is 0.211 e. The standard InChI is InChI=1S/C22H28FN5O3S/c1-16(23)7-8-20-17(2)19-6-4-11-27(19)21-9-12-28-22(25-21)18(14-24-28)15-26(32(3,29)30)10-5-13-31-20/h7-9,12,14,19H,2,4-6,10-11,13,15H2,1,3H3/b16-7+,20-8+/t19-/m1/s1. The number of allylic oxidation sites excluding steroid dienone is 3. The van der Waals surface area contributed by atoms with E-state index in [0.717, 1.165) is 36.3 Å². The van der Waals surface area contributed by atoms with Crippen LogP contribution in [0.1, 0.15) is 31.7 Å². The first-order chi connectivity index (χ1) is 15.2. The van der Waals surface area contributed by atoms with E-state index < -0.39 is 10.0 Å².